The molecule has 0 saturated carbocycles. The van der Waals surface area contributed by atoms with Crippen LogP contribution in [0.2, 0.25) is 0 Å². The van der Waals surface area contributed by atoms with Crippen LogP contribution in [-0.2, 0) is 27.3 Å². The number of methoxy groups -OCH3 is 1. The normalized spacial score (nSPS) is 14.8. The molecule has 2 aromatic carbocycles. The smallest absolute Gasteiger partial charge is 0.409 e. The van der Waals surface area contributed by atoms with Gasteiger partial charge in [-0.15, -0.1) is 0 Å². The molecule has 1 aliphatic heterocycles. The lowest BCUT2D eigenvalue weighted by Gasteiger charge is -2.27. The third-order valence-electron chi connectivity index (χ3n) is 5.33. The Kier molecular flexibility index (Phi) is 8.48. The average Bonchev–Trinajstić information content (AvgIpc) is 3.09. The van der Waals surface area contributed by atoms with E-state index in [1.807, 2.05) is 60.7 Å². The standard InChI is InChI=1S/C24H29N3O5/c1-31-24(30)27-14-8-13-26(15-16-27)22(28)21(17-19-9-4-2-5-10-19)25-23(29)32-18-20-11-6-3-7-12-20/h2-7,9-12,21H,8,13-18H2,1H3,(H,25,29). The Bertz CT molecular complexity index is 891. The average molecular weight is 440 g/mol. The van der Waals surface area contributed by atoms with E-state index >= 15 is 0 Å². The molecule has 0 spiro atoms. The van der Waals surface area contributed by atoms with Crippen molar-refractivity contribution in [2.45, 2.75) is 25.5 Å². The second-order valence-corrected chi connectivity index (χ2v) is 7.58. The lowest BCUT2D eigenvalue weighted by molar-refractivity contribution is -0.133. The summed E-state index contributed by atoms with van der Waals surface area (Å²) in [6.07, 6.45) is -0.0637. The zero-order chi connectivity index (χ0) is 22.8. The zero-order valence-electron chi connectivity index (χ0n) is 18.2. The van der Waals surface area contributed by atoms with E-state index < -0.39 is 18.2 Å². The third kappa shape index (κ3) is 6.73. The van der Waals surface area contributed by atoms with Crippen molar-refractivity contribution in [1.29, 1.82) is 0 Å². The summed E-state index contributed by atoms with van der Waals surface area (Å²) in [7, 11) is 1.34. The predicted molar refractivity (Wildman–Crippen MR) is 119 cm³/mol. The molecule has 1 N–H and O–H groups in total. The number of nitrogens with one attached hydrogen (secondary N) is 1. The van der Waals surface area contributed by atoms with Gasteiger partial charge in [-0.05, 0) is 17.5 Å². The molecule has 0 aromatic heterocycles. The van der Waals surface area contributed by atoms with Crippen molar-refractivity contribution in [3.63, 3.8) is 0 Å². The SMILES string of the molecule is COC(=O)N1CCCN(C(=O)C(Cc2ccccc2)NC(=O)OCc2ccccc2)CC1. The highest BCUT2D eigenvalue weighted by atomic mass is 16.5. The first-order valence-electron chi connectivity index (χ1n) is 10.7. The van der Waals surface area contributed by atoms with Crippen LogP contribution in [0.25, 0.3) is 0 Å². The van der Waals surface area contributed by atoms with Gasteiger partial charge in [0.25, 0.3) is 0 Å². The molecule has 8 nitrogen and oxygen atoms in total. The highest BCUT2D eigenvalue weighted by molar-refractivity contribution is 5.86. The number of carbonyl (C=O) groups is 3. The lowest BCUT2D eigenvalue weighted by atomic mass is 10.0. The number of hydrogen-bond donors (Lipinski definition) is 1. The Balaban J connectivity index is 1.65. The minimum atomic E-state index is -0.773. The summed E-state index contributed by atoms with van der Waals surface area (Å²) >= 11 is 0. The Hall–Kier alpha value is -3.55. The van der Waals surface area contributed by atoms with E-state index in [0.29, 0.717) is 39.0 Å². The van der Waals surface area contributed by atoms with Crippen LogP contribution in [0.3, 0.4) is 0 Å². The number of rotatable bonds is 6. The van der Waals surface area contributed by atoms with Gasteiger partial charge < -0.3 is 24.6 Å². The number of hydrogen-bond acceptors (Lipinski definition) is 5. The highest BCUT2D eigenvalue weighted by Crippen LogP contribution is 2.11. The molecular weight excluding hydrogens is 410 g/mol. The van der Waals surface area contributed by atoms with Crippen molar-refractivity contribution in [2.24, 2.45) is 0 Å². The number of nitrogens with zero attached hydrogens (tertiary/aromatic N) is 2. The molecule has 0 aliphatic carbocycles. The van der Waals surface area contributed by atoms with Crippen molar-refractivity contribution >= 4 is 18.1 Å². The molecule has 1 heterocycles. The van der Waals surface area contributed by atoms with Gasteiger partial charge in [-0.25, -0.2) is 9.59 Å². The predicted octanol–water partition coefficient (Wildman–Crippen LogP) is 2.82. The lowest BCUT2D eigenvalue weighted by Crippen LogP contribution is -2.50. The maximum absolute atomic E-state index is 13.3. The summed E-state index contributed by atoms with van der Waals surface area (Å²) < 4.78 is 10.1. The fourth-order valence-electron chi connectivity index (χ4n) is 3.63. The molecule has 170 valence electrons. The summed E-state index contributed by atoms with van der Waals surface area (Å²) in [6.45, 7) is 1.90. The fraction of sp³-hybridized carbons (Fsp3) is 0.375. The monoisotopic (exact) mass is 439 g/mol. The van der Waals surface area contributed by atoms with Crippen molar-refractivity contribution in [1.82, 2.24) is 15.1 Å². The van der Waals surface area contributed by atoms with Gasteiger partial charge in [0, 0.05) is 32.6 Å². The van der Waals surface area contributed by atoms with Crippen LogP contribution < -0.4 is 5.32 Å². The van der Waals surface area contributed by atoms with Crippen molar-refractivity contribution in [2.75, 3.05) is 33.3 Å². The van der Waals surface area contributed by atoms with Gasteiger partial charge in [0.05, 0.1) is 7.11 Å². The molecule has 1 atom stereocenters. The second kappa shape index (κ2) is 11.7. The Morgan fingerprint density at radius 3 is 2.12 bits per heavy atom. The summed E-state index contributed by atoms with van der Waals surface area (Å²) in [6, 6.07) is 18.1. The van der Waals surface area contributed by atoms with Crippen LogP contribution in [0.5, 0.6) is 0 Å². The van der Waals surface area contributed by atoms with Crippen molar-refractivity contribution in [3.8, 4) is 0 Å². The van der Waals surface area contributed by atoms with Gasteiger partial charge in [0.1, 0.15) is 12.6 Å². The summed E-state index contributed by atoms with van der Waals surface area (Å²) in [4.78, 5) is 40.9. The zero-order valence-corrected chi connectivity index (χ0v) is 18.2. The first-order chi connectivity index (χ1) is 15.6. The first kappa shape index (κ1) is 23.1. The van der Waals surface area contributed by atoms with E-state index in [1.54, 1.807) is 9.80 Å². The molecule has 2 aromatic rings. The van der Waals surface area contributed by atoms with Crippen LogP contribution in [-0.4, -0.2) is 67.2 Å². The number of carbonyl (C=O) groups excluding carboxylic acids is 3. The van der Waals surface area contributed by atoms with E-state index in [4.69, 9.17) is 9.47 Å². The van der Waals surface area contributed by atoms with Crippen LogP contribution in [0.4, 0.5) is 9.59 Å². The molecule has 1 fully saturated rings. The Labute approximate surface area is 188 Å². The van der Waals surface area contributed by atoms with Crippen LogP contribution >= 0.6 is 0 Å². The molecule has 3 amide bonds. The maximum atomic E-state index is 13.3. The van der Waals surface area contributed by atoms with E-state index in [0.717, 1.165) is 11.1 Å². The molecule has 0 radical (unpaired) electrons. The van der Waals surface area contributed by atoms with Gasteiger partial charge in [0.15, 0.2) is 0 Å². The maximum Gasteiger partial charge on any atom is 0.409 e. The summed E-state index contributed by atoms with van der Waals surface area (Å²) in [5.74, 6) is -0.197. The molecule has 1 aliphatic rings. The van der Waals surface area contributed by atoms with Crippen LogP contribution in [0, 0.1) is 0 Å². The van der Waals surface area contributed by atoms with Crippen molar-refractivity contribution in [3.05, 3.63) is 71.8 Å². The molecule has 1 unspecified atom stereocenters. The fourth-order valence-corrected chi connectivity index (χ4v) is 3.63. The number of ether oxygens (including phenoxy) is 2. The van der Waals surface area contributed by atoms with Gasteiger partial charge in [-0.3, -0.25) is 4.79 Å². The number of amides is 3. The van der Waals surface area contributed by atoms with Crippen LogP contribution in [0.1, 0.15) is 17.5 Å². The topological polar surface area (TPSA) is 88.2 Å². The number of alkyl carbamates (subject to hydrolysis) is 1. The molecule has 32 heavy (non-hydrogen) atoms. The molecule has 1 saturated heterocycles. The largest absolute Gasteiger partial charge is 0.453 e. The quantitative estimate of drug-likeness (QED) is 0.748. The minimum Gasteiger partial charge on any atom is -0.453 e. The summed E-state index contributed by atoms with van der Waals surface area (Å²) in [5, 5.41) is 2.74. The highest BCUT2D eigenvalue weighted by Gasteiger charge is 2.29. The van der Waals surface area contributed by atoms with Crippen molar-refractivity contribution < 1.29 is 23.9 Å². The van der Waals surface area contributed by atoms with Gasteiger partial charge in [-0.2, -0.15) is 0 Å². The van der Waals surface area contributed by atoms with Gasteiger partial charge in [-0.1, -0.05) is 60.7 Å². The first-order valence-corrected chi connectivity index (χ1v) is 10.7. The molecule has 3 rings (SSSR count). The van der Waals surface area contributed by atoms with E-state index in [-0.39, 0.29) is 12.5 Å². The van der Waals surface area contributed by atoms with E-state index in [9.17, 15) is 14.4 Å². The second-order valence-electron chi connectivity index (χ2n) is 7.58. The molecule has 0 bridgehead atoms. The van der Waals surface area contributed by atoms with Gasteiger partial charge >= 0.3 is 12.2 Å². The van der Waals surface area contributed by atoms with Crippen LogP contribution in [0.15, 0.2) is 60.7 Å². The Morgan fingerprint density at radius 1 is 0.875 bits per heavy atom. The van der Waals surface area contributed by atoms with E-state index in [1.165, 1.54) is 7.11 Å². The molecule has 8 heteroatoms. The third-order valence-corrected chi connectivity index (χ3v) is 5.33. The number of benzene rings is 2. The minimum absolute atomic E-state index is 0.122. The van der Waals surface area contributed by atoms with E-state index in [2.05, 4.69) is 5.32 Å². The Morgan fingerprint density at radius 2 is 1.47 bits per heavy atom. The van der Waals surface area contributed by atoms with Gasteiger partial charge in [0.2, 0.25) is 5.91 Å². The summed E-state index contributed by atoms with van der Waals surface area (Å²) in [5.41, 5.74) is 1.80. The molecular formula is C24H29N3O5.